The average Bonchev–Trinajstić information content (AvgIpc) is 3.46. The van der Waals surface area contributed by atoms with Gasteiger partial charge < -0.3 is 20.8 Å². The van der Waals surface area contributed by atoms with Crippen LogP contribution in [0, 0.1) is 0 Å². The molecule has 4 N–H and O–H groups in total. The van der Waals surface area contributed by atoms with Gasteiger partial charge in [-0.25, -0.2) is 9.59 Å². The van der Waals surface area contributed by atoms with E-state index in [1.807, 2.05) is 0 Å². The zero-order chi connectivity index (χ0) is 60.5. The average molecular weight is 1200 g/mol. The van der Waals surface area contributed by atoms with Gasteiger partial charge in [0.15, 0.2) is 10.2 Å². The molecular formula is C70H134N2O8S2. The molecule has 2 atom stereocenters. The van der Waals surface area contributed by atoms with Gasteiger partial charge in [-0.05, 0) is 25.7 Å². The van der Waals surface area contributed by atoms with Gasteiger partial charge in [-0.3, -0.25) is 19.2 Å². The first kappa shape index (κ1) is 82.0. The van der Waals surface area contributed by atoms with Crippen LogP contribution in [0.15, 0.2) is 0 Å². The molecule has 0 saturated carbocycles. The van der Waals surface area contributed by atoms with E-state index in [1.165, 1.54) is 270 Å². The van der Waals surface area contributed by atoms with E-state index in [2.05, 4.69) is 38.3 Å². The van der Waals surface area contributed by atoms with Gasteiger partial charge in [0.1, 0.15) is 12.1 Å². The smallest absolute Gasteiger partial charge is 0.327 e. The molecule has 0 saturated heterocycles. The van der Waals surface area contributed by atoms with E-state index in [4.69, 9.17) is 0 Å². The van der Waals surface area contributed by atoms with Crippen LogP contribution in [0.4, 0.5) is 0 Å². The lowest BCUT2D eigenvalue weighted by molar-refractivity contribution is -0.141. The molecule has 0 fully saturated rings. The largest absolute Gasteiger partial charge is 0.480 e. The lowest BCUT2D eigenvalue weighted by atomic mass is 10.0. The normalized spacial score (nSPS) is 12.0. The van der Waals surface area contributed by atoms with Crippen LogP contribution in [0.3, 0.4) is 0 Å². The number of unbranched alkanes of at least 4 members (excludes halogenated alkanes) is 48. The molecule has 0 aromatic heterocycles. The highest BCUT2D eigenvalue weighted by Gasteiger charge is 2.22. The summed E-state index contributed by atoms with van der Waals surface area (Å²) < 4.78 is 0. The quantitative estimate of drug-likeness (QED) is 0.0431. The fourth-order valence-electron chi connectivity index (χ4n) is 10.6. The molecule has 0 heterocycles. The molecule has 0 radical (unpaired) electrons. The number of hydrogen-bond acceptors (Lipinski definition) is 8. The minimum Gasteiger partial charge on any atom is -0.480 e. The number of aliphatic carboxylic acids is 2. The first-order valence-electron chi connectivity index (χ1n) is 35.4. The number of thioether (sulfide) groups is 2. The van der Waals surface area contributed by atoms with Crippen molar-refractivity contribution in [1.82, 2.24) is 10.6 Å². The first-order chi connectivity index (χ1) is 40.0. The molecule has 82 heavy (non-hydrogen) atoms. The van der Waals surface area contributed by atoms with E-state index in [9.17, 15) is 39.0 Å². The monoisotopic (exact) mass is 1190 g/mol. The van der Waals surface area contributed by atoms with Crippen molar-refractivity contribution in [2.24, 2.45) is 0 Å². The Kier molecular flexibility index (Phi) is 68.0. The van der Waals surface area contributed by atoms with Gasteiger partial charge in [0, 0.05) is 37.2 Å². The molecule has 0 unspecified atom stereocenters. The van der Waals surface area contributed by atoms with E-state index in [-0.39, 0.29) is 33.6 Å². The van der Waals surface area contributed by atoms with Crippen molar-refractivity contribution in [3.05, 3.63) is 0 Å². The predicted octanol–water partition coefficient (Wildman–Crippen LogP) is 21.6. The molecule has 0 bridgehead atoms. The van der Waals surface area contributed by atoms with E-state index in [0.29, 0.717) is 25.7 Å². The summed E-state index contributed by atoms with van der Waals surface area (Å²) in [5.41, 5.74) is 0. The summed E-state index contributed by atoms with van der Waals surface area (Å²) in [7, 11) is 0. The van der Waals surface area contributed by atoms with Crippen LogP contribution in [0.5, 0.6) is 0 Å². The van der Waals surface area contributed by atoms with Gasteiger partial charge in [-0.15, -0.1) is 0 Å². The maximum Gasteiger partial charge on any atom is 0.327 e. The minimum absolute atomic E-state index is 0.0325. The van der Waals surface area contributed by atoms with Crippen LogP contribution in [0.25, 0.3) is 0 Å². The highest BCUT2D eigenvalue weighted by Crippen LogP contribution is 2.20. The van der Waals surface area contributed by atoms with Gasteiger partial charge in [0.05, 0.1) is 0 Å². The molecule has 0 spiro atoms. The van der Waals surface area contributed by atoms with Crippen LogP contribution in [0.2, 0.25) is 0 Å². The number of carboxylic acids is 2. The van der Waals surface area contributed by atoms with Gasteiger partial charge in [0.25, 0.3) is 0 Å². The Balaban J connectivity index is 0. The summed E-state index contributed by atoms with van der Waals surface area (Å²) in [6, 6.07) is -1.99. The summed E-state index contributed by atoms with van der Waals surface area (Å²) in [5, 5.41) is 24.3. The molecular weight excluding hydrogens is 1060 g/mol. The second-order valence-electron chi connectivity index (χ2n) is 24.3. The lowest BCUT2D eigenvalue weighted by Gasteiger charge is -2.14. The summed E-state index contributed by atoms with van der Waals surface area (Å²) in [6.45, 7) is 9.02. The number of carbonyl (C=O) groups is 6. The molecule has 10 nitrogen and oxygen atoms in total. The summed E-state index contributed by atoms with van der Waals surface area (Å²) in [6.07, 6.45) is 67.2. The number of rotatable bonds is 64. The second-order valence-corrected chi connectivity index (χ2v) is 26.4. The van der Waals surface area contributed by atoms with Crippen LogP contribution in [-0.4, -0.2) is 67.8 Å². The molecule has 484 valence electrons. The van der Waals surface area contributed by atoms with Crippen molar-refractivity contribution in [1.29, 1.82) is 0 Å². The Hall–Kier alpha value is -2.08. The van der Waals surface area contributed by atoms with E-state index < -0.39 is 24.0 Å². The number of amides is 2. The Labute approximate surface area is 515 Å². The van der Waals surface area contributed by atoms with E-state index in [1.54, 1.807) is 0 Å². The SMILES string of the molecule is CCCCCCCCCCCCCCCC(=O)N[C@@H](CSC(=O)CCCCCCCCCCCCCCC)C(=O)O.CCCCCCCCCCCCCCCC(=O)N[C@@H](CSC(=O)CCCCCCCCCCCCCCC)C(=O)O. The van der Waals surface area contributed by atoms with Crippen molar-refractivity contribution in [3.8, 4) is 0 Å². The van der Waals surface area contributed by atoms with Crippen LogP contribution in [-0.2, 0) is 28.8 Å². The number of carbonyl (C=O) groups excluding carboxylic acids is 4. The number of carboxylic acid groups (broad SMARTS) is 2. The van der Waals surface area contributed by atoms with Gasteiger partial charge >= 0.3 is 11.9 Å². The van der Waals surface area contributed by atoms with Gasteiger partial charge in [-0.2, -0.15) is 0 Å². The Bertz CT molecular complexity index is 1330. The van der Waals surface area contributed by atoms with Crippen molar-refractivity contribution in [2.45, 2.75) is 399 Å². The fraction of sp³-hybridized carbons (Fsp3) is 0.914. The van der Waals surface area contributed by atoms with Gasteiger partial charge in [-0.1, -0.05) is 359 Å². The molecule has 0 aliphatic rings. The standard InChI is InChI=1S/2C35H67NO4S/c2*1-3-5-7-9-11-13-15-17-19-21-23-25-27-29-33(37)36-32(35(39)40)31-41-34(38)30-28-26-24-22-20-18-16-14-12-10-8-6-4-2/h2*32H,3-31H2,1-2H3,(H,36,37)(H,39,40)/t2*32-/m00/s1. The van der Waals surface area contributed by atoms with Crippen molar-refractivity contribution in [3.63, 3.8) is 0 Å². The zero-order valence-corrected chi connectivity index (χ0v) is 56.0. The lowest BCUT2D eigenvalue weighted by Crippen LogP contribution is -2.42. The molecule has 12 heteroatoms. The van der Waals surface area contributed by atoms with Crippen LogP contribution in [0.1, 0.15) is 387 Å². The van der Waals surface area contributed by atoms with Crippen LogP contribution >= 0.6 is 23.5 Å². The minimum atomic E-state index is -1.06. The summed E-state index contributed by atoms with van der Waals surface area (Å²) in [4.78, 5) is 72.1. The van der Waals surface area contributed by atoms with Crippen LogP contribution < -0.4 is 10.6 Å². The molecule has 0 aliphatic carbocycles. The highest BCUT2D eigenvalue weighted by molar-refractivity contribution is 8.13. The van der Waals surface area contributed by atoms with E-state index >= 15 is 0 Å². The van der Waals surface area contributed by atoms with Gasteiger partial charge in [0.2, 0.25) is 11.8 Å². The third-order valence-corrected chi connectivity index (χ3v) is 18.1. The second kappa shape index (κ2) is 68.0. The summed E-state index contributed by atoms with van der Waals surface area (Å²) >= 11 is 2.10. The Morgan fingerprint density at radius 2 is 0.415 bits per heavy atom. The zero-order valence-electron chi connectivity index (χ0n) is 54.3. The molecule has 0 aromatic carbocycles. The fourth-order valence-corrected chi connectivity index (χ4v) is 12.3. The van der Waals surface area contributed by atoms with Crippen molar-refractivity contribution >= 4 is 57.5 Å². The Morgan fingerprint density at radius 1 is 0.256 bits per heavy atom. The molecule has 0 rings (SSSR count). The maximum atomic E-state index is 12.2. The highest BCUT2D eigenvalue weighted by atomic mass is 32.2. The third-order valence-electron chi connectivity index (χ3n) is 16.1. The maximum absolute atomic E-state index is 12.2. The number of hydrogen-bond donors (Lipinski definition) is 4. The molecule has 0 aromatic rings. The molecule has 2 amide bonds. The summed E-state index contributed by atoms with van der Waals surface area (Å²) in [5.74, 6) is -2.35. The topological polar surface area (TPSA) is 167 Å². The van der Waals surface area contributed by atoms with Crippen molar-refractivity contribution in [2.75, 3.05) is 11.5 Å². The Morgan fingerprint density at radius 3 is 0.585 bits per heavy atom. The van der Waals surface area contributed by atoms with Crippen molar-refractivity contribution < 1.29 is 39.0 Å². The number of nitrogens with one attached hydrogen (secondary N) is 2. The first-order valence-corrected chi connectivity index (χ1v) is 37.3. The third kappa shape index (κ3) is 65.5. The predicted molar refractivity (Wildman–Crippen MR) is 355 cm³/mol. The van der Waals surface area contributed by atoms with E-state index in [0.717, 1.165) is 87.7 Å². The molecule has 0 aliphatic heterocycles.